The monoisotopic (exact) mass is 202 g/mol. The van der Waals surface area contributed by atoms with Crippen LogP contribution in [0, 0.1) is 11.3 Å². The highest BCUT2D eigenvalue weighted by Gasteiger charge is 2.10. The molecular formula is C6H6N2O2S2. The Morgan fingerprint density at radius 2 is 2.25 bits per heavy atom. The van der Waals surface area contributed by atoms with Gasteiger partial charge in [-0.2, -0.15) is 5.26 Å². The highest BCUT2D eigenvalue weighted by atomic mass is 32.2. The predicted molar refractivity (Wildman–Crippen MR) is 45.0 cm³/mol. The number of nitrogens with two attached hydrogens (primary N) is 1. The molecule has 0 saturated carbocycles. The summed E-state index contributed by atoms with van der Waals surface area (Å²) in [7, 11) is -3.59. The Morgan fingerprint density at radius 3 is 2.67 bits per heavy atom. The van der Waals surface area contributed by atoms with Crippen molar-refractivity contribution in [1.82, 2.24) is 0 Å². The second kappa shape index (κ2) is 3.23. The highest BCUT2D eigenvalue weighted by molar-refractivity contribution is 7.91. The molecule has 0 spiro atoms. The summed E-state index contributed by atoms with van der Waals surface area (Å²) in [5.41, 5.74) is 0. The van der Waals surface area contributed by atoms with Crippen molar-refractivity contribution in [2.45, 2.75) is 10.6 Å². The maximum atomic E-state index is 10.8. The minimum atomic E-state index is -3.59. The third kappa shape index (κ3) is 2.04. The molecule has 1 aromatic rings. The lowest BCUT2D eigenvalue weighted by atomic mass is 10.4. The lowest BCUT2D eigenvalue weighted by Gasteiger charge is -1.88. The van der Waals surface area contributed by atoms with Gasteiger partial charge in [-0.3, -0.25) is 0 Å². The molecule has 4 nitrogen and oxygen atoms in total. The van der Waals surface area contributed by atoms with E-state index >= 15 is 0 Å². The molecule has 0 fully saturated rings. The first-order valence-corrected chi connectivity index (χ1v) is 5.39. The first-order valence-electron chi connectivity index (χ1n) is 3.02. The smallest absolute Gasteiger partial charge is 0.224 e. The van der Waals surface area contributed by atoms with Crippen LogP contribution in [0.25, 0.3) is 0 Å². The minimum absolute atomic E-state index is 0.104. The van der Waals surface area contributed by atoms with E-state index < -0.39 is 10.0 Å². The zero-order valence-electron chi connectivity index (χ0n) is 6.02. The molecular weight excluding hydrogens is 196 g/mol. The maximum absolute atomic E-state index is 10.8. The number of rotatable bonds is 2. The summed E-state index contributed by atoms with van der Waals surface area (Å²) in [6, 6.07) is 4.92. The molecule has 1 aromatic heterocycles. The topological polar surface area (TPSA) is 83.9 Å². The summed E-state index contributed by atoms with van der Waals surface area (Å²) in [6.07, 6.45) is 0.222. The van der Waals surface area contributed by atoms with E-state index in [1.807, 2.05) is 6.07 Å². The summed E-state index contributed by atoms with van der Waals surface area (Å²) in [4.78, 5) is 0.710. The molecule has 64 valence electrons. The van der Waals surface area contributed by atoms with Gasteiger partial charge >= 0.3 is 0 Å². The number of hydrogen-bond acceptors (Lipinski definition) is 4. The van der Waals surface area contributed by atoms with E-state index in [1.165, 1.54) is 6.07 Å². The Balaban J connectivity index is 3.02. The molecule has 0 aliphatic carbocycles. The van der Waals surface area contributed by atoms with Gasteiger partial charge in [0.2, 0.25) is 10.0 Å². The molecule has 0 bridgehead atoms. The Morgan fingerprint density at radius 1 is 1.58 bits per heavy atom. The van der Waals surface area contributed by atoms with Gasteiger partial charge in [-0.1, -0.05) is 0 Å². The van der Waals surface area contributed by atoms with Gasteiger partial charge in [0, 0.05) is 4.88 Å². The van der Waals surface area contributed by atoms with Crippen molar-refractivity contribution >= 4 is 21.4 Å². The normalized spacial score (nSPS) is 11.0. The molecule has 1 heterocycles. The van der Waals surface area contributed by atoms with Crippen molar-refractivity contribution in [1.29, 1.82) is 5.26 Å². The minimum Gasteiger partial charge on any atom is -0.224 e. The van der Waals surface area contributed by atoms with Crippen molar-refractivity contribution in [3.8, 4) is 6.07 Å². The van der Waals surface area contributed by atoms with Crippen LogP contribution in [-0.4, -0.2) is 8.42 Å². The van der Waals surface area contributed by atoms with Crippen molar-refractivity contribution in [2.24, 2.45) is 5.14 Å². The van der Waals surface area contributed by atoms with Gasteiger partial charge in [-0.15, -0.1) is 11.3 Å². The van der Waals surface area contributed by atoms with Crippen LogP contribution in [-0.2, 0) is 16.4 Å². The standard InChI is InChI=1S/C6H6N2O2S2/c7-4-3-5-1-2-6(11-5)12(8,9)10/h1-2H,3H2,(H2,8,9,10). The van der Waals surface area contributed by atoms with Crippen LogP contribution in [0.1, 0.15) is 4.88 Å². The van der Waals surface area contributed by atoms with E-state index in [4.69, 9.17) is 10.4 Å². The summed E-state index contributed by atoms with van der Waals surface area (Å²) >= 11 is 1.03. The van der Waals surface area contributed by atoms with E-state index in [2.05, 4.69) is 0 Å². The van der Waals surface area contributed by atoms with Crippen LogP contribution in [0.4, 0.5) is 0 Å². The van der Waals surface area contributed by atoms with Crippen molar-refractivity contribution in [3.05, 3.63) is 17.0 Å². The van der Waals surface area contributed by atoms with Gasteiger partial charge in [0.25, 0.3) is 0 Å². The molecule has 0 aliphatic rings. The molecule has 0 aromatic carbocycles. The van der Waals surface area contributed by atoms with E-state index in [0.717, 1.165) is 11.3 Å². The molecule has 2 N–H and O–H groups in total. The lowest BCUT2D eigenvalue weighted by molar-refractivity contribution is 0.600. The van der Waals surface area contributed by atoms with Crippen molar-refractivity contribution < 1.29 is 8.42 Å². The van der Waals surface area contributed by atoms with Gasteiger partial charge in [0.05, 0.1) is 12.5 Å². The summed E-state index contributed by atoms with van der Waals surface area (Å²) in [5.74, 6) is 0. The van der Waals surface area contributed by atoms with Crippen LogP contribution in [0.2, 0.25) is 0 Å². The third-order valence-electron chi connectivity index (χ3n) is 1.17. The first-order chi connectivity index (χ1) is 5.54. The first kappa shape index (κ1) is 9.19. The molecule has 0 unspecified atom stereocenters. The van der Waals surface area contributed by atoms with Crippen LogP contribution < -0.4 is 5.14 Å². The van der Waals surface area contributed by atoms with Gasteiger partial charge in [0.15, 0.2) is 0 Å². The average Bonchev–Trinajstić information content (AvgIpc) is 2.35. The largest absolute Gasteiger partial charge is 0.247 e. The van der Waals surface area contributed by atoms with Gasteiger partial charge in [-0.25, -0.2) is 13.6 Å². The quantitative estimate of drug-likeness (QED) is 0.756. The molecule has 0 radical (unpaired) electrons. The number of sulfonamides is 1. The maximum Gasteiger partial charge on any atom is 0.247 e. The third-order valence-corrected chi connectivity index (χ3v) is 3.69. The Labute approximate surface area is 74.3 Å². The molecule has 0 amide bonds. The van der Waals surface area contributed by atoms with E-state index in [-0.39, 0.29) is 10.6 Å². The van der Waals surface area contributed by atoms with E-state index in [0.29, 0.717) is 4.88 Å². The van der Waals surface area contributed by atoms with E-state index in [9.17, 15) is 8.42 Å². The summed E-state index contributed by atoms with van der Waals surface area (Å²) in [6.45, 7) is 0. The van der Waals surface area contributed by atoms with Crippen LogP contribution in [0.15, 0.2) is 16.3 Å². The molecule has 6 heteroatoms. The fraction of sp³-hybridized carbons (Fsp3) is 0.167. The fourth-order valence-electron chi connectivity index (χ4n) is 0.684. The number of hydrogen-bond donors (Lipinski definition) is 1. The van der Waals surface area contributed by atoms with E-state index in [1.54, 1.807) is 6.07 Å². The van der Waals surface area contributed by atoms with Crippen LogP contribution in [0.5, 0.6) is 0 Å². The second-order valence-corrected chi connectivity index (χ2v) is 5.06. The van der Waals surface area contributed by atoms with Gasteiger partial charge < -0.3 is 0 Å². The molecule has 0 atom stereocenters. The average molecular weight is 202 g/mol. The number of thiophene rings is 1. The Bertz CT molecular complexity index is 413. The Kier molecular flexibility index (Phi) is 2.47. The van der Waals surface area contributed by atoms with Crippen molar-refractivity contribution in [3.63, 3.8) is 0 Å². The Hall–Kier alpha value is -0.900. The molecule has 12 heavy (non-hydrogen) atoms. The predicted octanol–water partition coefficient (Wildman–Crippen LogP) is 0.462. The SMILES string of the molecule is N#CCc1ccc(S(N)(=O)=O)s1. The summed E-state index contributed by atoms with van der Waals surface area (Å²) in [5, 5.41) is 13.2. The zero-order chi connectivity index (χ0) is 9.19. The highest BCUT2D eigenvalue weighted by Crippen LogP contribution is 2.20. The van der Waals surface area contributed by atoms with Gasteiger partial charge in [0.1, 0.15) is 4.21 Å². The summed E-state index contributed by atoms with van der Waals surface area (Å²) < 4.78 is 21.6. The van der Waals surface area contributed by atoms with Crippen molar-refractivity contribution in [2.75, 3.05) is 0 Å². The van der Waals surface area contributed by atoms with Crippen LogP contribution in [0.3, 0.4) is 0 Å². The van der Waals surface area contributed by atoms with Gasteiger partial charge in [-0.05, 0) is 12.1 Å². The number of nitriles is 1. The zero-order valence-corrected chi connectivity index (χ0v) is 7.65. The molecule has 0 saturated heterocycles. The molecule has 0 aliphatic heterocycles. The number of nitrogens with zero attached hydrogens (tertiary/aromatic N) is 1. The molecule has 1 rings (SSSR count). The second-order valence-electron chi connectivity index (χ2n) is 2.10. The number of primary sulfonamides is 1. The lowest BCUT2D eigenvalue weighted by Crippen LogP contribution is -2.09. The van der Waals surface area contributed by atoms with Crippen LogP contribution >= 0.6 is 11.3 Å². The fourth-order valence-corrected chi connectivity index (χ4v) is 2.39.